The first-order valence-electron chi connectivity index (χ1n) is 8.92. The van der Waals surface area contributed by atoms with Crippen LogP contribution in [0.2, 0.25) is 0 Å². The second kappa shape index (κ2) is 7.40. The maximum atomic E-state index is 12.5. The molecule has 5 heteroatoms. The number of hydrogen-bond donors (Lipinski definition) is 0. The first kappa shape index (κ1) is 17.7. The first-order valence-corrected chi connectivity index (χ1v) is 8.92. The van der Waals surface area contributed by atoms with Gasteiger partial charge in [-0.1, -0.05) is 56.3 Å². The Morgan fingerprint density at radius 1 is 1.12 bits per heavy atom. The van der Waals surface area contributed by atoms with E-state index in [0.717, 1.165) is 38.3 Å². The van der Waals surface area contributed by atoms with Gasteiger partial charge < -0.3 is 9.42 Å². The summed E-state index contributed by atoms with van der Waals surface area (Å²) in [5, 5.41) is 4.06. The molecule has 0 atom stereocenters. The van der Waals surface area contributed by atoms with Gasteiger partial charge >= 0.3 is 0 Å². The van der Waals surface area contributed by atoms with Gasteiger partial charge in [-0.25, -0.2) is 0 Å². The summed E-state index contributed by atoms with van der Waals surface area (Å²) in [4.78, 5) is 16.9. The molecule has 1 aromatic carbocycles. The third-order valence-corrected chi connectivity index (χ3v) is 4.37. The number of nitrogens with zero attached hydrogens (tertiary/aromatic N) is 3. The van der Waals surface area contributed by atoms with Gasteiger partial charge in [-0.3, -0.25) is 9.69 Å². The number of amides is 1. The van der Waals surface area contributed by atoms with Gasteiger partial charge in [-0.2, -0.15) is 0 Å². The van der Waals surface area contributed by atoms with Crippen LogP contribution in [0.3, 0.4) is 0 Å². The molecular weight excluding hydrogens is 314 g/mol. The highest BCUT2D eigenvalue weighted by Crippen LogP contribution is 2.20. The number of aromatic nitrogens is 1. The first-order chi connectivity index (χ1) is 11.9. The maximum absolute atomic E-state index is 12.5. The molecule has 2 aromatic rings. The van der Waals surface area contributed by atoms with Crippen LogP contribution in [0, 0.1) is 5.41 Å². The van der Waals surface area contributed by atoms with Crippen LogP contribution >= 0.6 is 0 Å². The van der Waals surface area contributed by atoms with E-state index in [1.807, 2.05) is 41.3 Å². The molecule has 0 unspecified atom stereocenters. The summed E-state index contributed by atoms with van der Waals surface area (Å²) in [6.45, 7) is 11.3. The highest BCUT2D eigenvalue weighted by atomic mass is 16.5. The number of piperazine rings is 1. The molecule has 5 nitrogen and oxygen atoms in total. The van der Waals surface area contributed by atoms with Crippen molar-refractivity contribution in [1.82, 2.24) is 15.0 Å². The van der Waals surface area contributed by atoms with E-state index in [9.17, 15) is 4.79 Å². The van der Waals surface area contributed by atoms with Gasteiger partial charge in [0.2, 0.25) is 5.91 Å². The lowest BCUT2D eigenvalue weighted by Gasteiger charge is -2.37. The Morgan fingerprint density at radius 3 is 2.44 bits per heavy atom. The molecule has 0 radical (unpaired) electrons. The molecule has 0 saturated carbocycles. The Hall–Kier alpha value is -2.14. The van der Waals surface area contributed by atoms with Crippen LogP contribution in [0.15, 0.2) is 40.9 Å². The highest BCUT2D eigenvalue weighted by molar-refractivity contribution is 5.78. The fourth-order valence-corrected chi connectivity index (χ4v) is 3.23. The van der Waals surface area contributed by atoms with Crippen molar-refractivity contribution in [2.75, 3.05) is 32.7 Å². The molecule has 1 aliphatic rings. The maximum Gasteiger partial charge on any atom is 0.228 e. The van der Waals surface area contributed by atoms with E-state index in [0.29, 0.717) is 23.3 Å². The van der Waals surface area contributed by atoms with Crippen LogP contribution in [0.25, 0.3) is 11.3 Å². The molecule has 1 fully saturated rings. The summed E-state index contributed by atoms with van der Waals surface area (Å²) in [6.07, 6.45) is 0.301. The van der Waals surface area contributed by atoms with Crippen LogP contribution < -0.4 is 0 Å². The lowest BCUT2D eigenvalue weighted by Crippen LogP contribution is -2.50. The van der Waals surface area contributed by atoms with E-state index < -0.39 is 0 Å². The van der Waals surface area contributed by atoms with Gasteiger partial charge in [0.1, 0.15) is 0 Å². The smallest absolute Gasteiger partial charge is 0.228 e. The predicted octanol–water partition coefficient (Wildman–Crippen LogP) is 3.07. The van der Waals surface area contributed by atoms with Crippen molar-refractivity contribution >= 4 is 5.91 Å². The summed E-state index contributed by atoms with van der Waals surface area (Å²) in [5.41, 5.74) is 1.96. The van der Waals surface area contributed by atoms with Gasteiger partial charge in [0.15, 0.2) is 5.76 Å². The summed E-state index contributed by atoms with van der Waals surface area (Å²) in [5.74, 6) is 0.835. The average Bonchev–Trinajstić information content (AvgIpc) is 3.03. The molecule has 1 aliphatic heterocycles. The number of rotatable bonds is 4. The van der Waals surface area contributed by atoms with Crippen molar-refractivity contribution in [2.45, 2.75) is 27.2 Å². The number of hydrogen-bond acceptors (Lipinski definition) is 4. The van der Waals surface area contributed by atoms with Crippen molar-refractivity contribution in [2.24, 2.45) is 5.41 Å². The van der Waals surface area contributed by atoms with Crippen molar-refractivity contribution in [3.8, 4) is 11.3 Å². The Balaban J connectivity index is 1.53. The molecule has 1 saturated heterocycles. The topological polar surface area (TPSA) is 49.6 Å². The molecule has 1 aromatic heterocycles. The standard InChI is InChI=1S/C20H27N3O2/c1-20(2,3)15-22-9-11-23(12-10-22)19(24)14-17-13-18(25-21-17)16-7-5-4-6-8-16/h4-8,13H,9-12,14-15H2,1-3H3. The second-order valence-corrected chi connectivity index (χ2v) is 7.94. The van der Waals surface area contributed by atoms with Crippen molar-refractivity contribution in [3.63, 3.8) is 0 Å². The summed E-state index contributed by atoms with van der Waals surface area (Å²) in [6, 6.07) is 11.7. The summed E-state index contributed by atoms with van der Waals surface area (Å²) < 4.78 is 5.38. The van der Waals surface area contributed by atoms with E-state index in [-0.39, 0.29) is 5.91 Å². The minimum Gasteiger partial charge on any atom is -0.356 e. The molecule has 0 N–H and O–H groups in total. The highest BCUT2D eigenvalue weighted by Gasteiger charge is 2.24. The Bertz CT molecular complexity index is 695. The number of carbonyl (C=O) groups excluding carboxylic acids is 1. The van der Waals surface area contributed by atoms with Gasteiger partial charge in [-0.15, -0.1) is 0 Å². The number of carbonyl (C=O) groups is 1. The Labute approximate surface area is 149 Å². The molecular formula is C20H27N3O2. The molecule has 0 bridgehead atoms. The fraction of sp³-hybridized carbons (Fsp3) is 0.500. The van der Waals surface area contributed by atoms with Crippen LogP contribution in [-0.2, 0) is 11.2 Å². The van der Waals surface area contributed by atoms with E-state index in [1.54, 1.807) is 0 Å². The van der Waals surface area contributed by atoms with E-state index in [1.165, 1.54) is 0 Å². The molecule has 1 amide bonds. The van der Waals surface area contributed by atoms with Gasteiger partial charge in [-0.05, 0) is 5.41 Å². The summed E-state index contributed by atoms with van der Waals surface area (Å²) >= 11 is 0. The fourth-order valence-electron chi connectivity index (χ4n) is 3.23. The third-order valence-electron chi connectivity index (χ3n) is 4.37. The van der Waals surface area contributed by atoms with Gasteiger partial charge in [0.05, 0.1) is 12.1 Å². The van der Waals surface area contributed by atoms with E-state index in [2.05, 4.69) is 30.8 Å². The molecule has 134 valence electrons. The monoisotopic (exact) mass is 341 g/mol. The SMILES string of the molecule is CC(C)(C)CN1CCN(C(=O)Cc2cc(-c3ccccc3)on2)CC1. The Kier molecular flexibility index (Phi) is 5.23. The van der Waals surface area contributed by atoms with Crippen molar-refractivity contribution in [1.29, 1.82) is 0 Å². The van der Waals surface area contributed by atoms with Gasteiger partial charge in [0, 0.05) is 44.4 Å². The van der Waals surface area contributed by atoms with Crippen molar-refractivity contribution in [3.05, 3.63) is 42.1 Å². The van der Waals surface area contributed by atoms with Crippen LogP contribution in [-0.4, -0.2) is 53.6 Å². The zero-order valence-electron chi connectivity index (χ0n) is 15.4. The molecule has 3 rings (SSSR count). The van der Waals surface area contributed by atoms with Crippen LogP contribution in [0.4, 0.5) is 0 Å². The van der Waals surface area contributed by atoms with E-state index >= 15 is 0 Å². The molecule has 25 heavy (non-hydrogen) atoms. The Morgan fingerprint density at radius 2 is 1.80 bits per heavy atom. The minimum atomic E-state index is 0.128. The molecule has 2 heterocycles. The lowest BCUT2D eigenvalue weighted by atomic mass is 9.96. The third kappa shape index (κ3) is 4.92. The second-order valence-electron chi connectivity index (χ2n) is 7.94. The average molecular weight is 341 g/mol. The minimum absolute atomic E-state index is 0.128. The molecule has 0 spiro atoms. The zero-order valence-corrected chi connectivity index (χ0v) is 15.4. The van der Waals surface area contributed by atoms with Crippen LogP contribution in [0.1, 0.15) is 26.5 Å². The van der Waals surface area contributed by atoms with Crippen LogP contribution in [0.5, 0.6) is 0 Å². The lowest BCUT2D eigenvalue weighted by molar-refractivity contribution is -0.132. The van der Waals surface area contributed by atoms with Crippen molar-refractivity contribution < 1.29 is 9.32 Å². The quantitative estimate of drug-likeness (QED) is 0.857. The largest absolute Gasteiger partial charge is 0.356 e. The van der Waals surface area contributed by atoms with Gasteiger partial charge in [0.25, 0.3) is 0 Å². The number of benzene rings is 1. The normalized spacial score (nSPS) is 16.2. The summed E-state index contributed by atoms with van der Waals surface area (Å²) in [7, 11) is 0. The predicted molar refractivity (Wildman–Crippen MR) is 98.1 cm³/mol. The zero-order chi connectivity index (χ0) is 17.9. The van der Waals surface area contributed by atoms with E-state index in [4.69, 9.17) is 4.52 Å². The molecule has 0 aliphatic carbocycles.